The van der Waals surface area contributed by atoms with E-state index in [0.717, 1.165) is 10.1 Å². The molecule has 0 unspecified atom stereocenters. The smallest absolute Gasteiger partial charge is 0.318 e. The number of ketones is 1. The molecule has 0 aliphatic carbocycles. The molecule has 0 bridgehead atoms. The van der Waals surface area contributed by atoms with Gasteiger partial charge in [0.1, 0.15) is 0 Å². The summed E-state index contributed by atoms with van der Waals surface area (Å²) < 4.78 is 0.910. The van der Waals surface area contributed by atoms with Crippen molar-refractivity contribution in [2.75, 3.05) is 0 Å². The fourth-order valence-electron chi connectivity index (χ4n) is 1.69. The number of thiophene rings is 1. The highest BCUT2D eigenvalue weighted by atomic mass is 32.1. The average molecular weight is 278 g/mol. The van der Waals surface area contributed by atoms with Crippen molar-refractivity contribution in [3.63, 3.8) is 0 Å². The first-order valence-electron chi connectivity index (χ1n) is 5.46. The highest BCUT2D eigenvalue weighted by Gasteiger charge is 2.29. The minimum absolute atomic E-state index is 0.383. The zero-order valence-corrected chi connectivity index (χ0v) is 10.5. The Morgan fingerprint density at radius 2 is 1.74 bits per heavy atom. The number of carboxylic acid groups (broad SMARTS) is 2. The van der Waals surface area contributed by atoms with E-state index in [2.05, 4.69) is 0 Å². The van der Waals surface area contributed by atoms with Crippen molar-refractivity contribution in [1.82, 2.24) is 0 Å². The van der Waals surface area contributed by atoms with E-state index in [0.29, 0.717) is 4.88 Å². The first-order chi connectivity index (χ1) is 8.99. The normalized spacial score (nSPS) is 10.8. The number of carbonyl (C=O) groups excluding carboxylic acids is 1. The molecule has 0 spiro atoms. The van der Waals surface area contributed by atoms with E-state index in [1.165, 1.54) is 11.3 Å². The number of hydrogen-bond donors (Lipinski definition) is 2. The van der Waals surface area contributed by atoms with Gasteiger partial charge in [-0.05, 0) is 17.5 Å². The molecule has 0 aliphatic heterocycles. The molecule has 2 N–H and O–H groups in total. The molecule has 98 valence electrons. The molecule has 1 aromatic heterocycles. The highest BCUT2D eigenvalue weighted by molar-refractivity contribution is 7.20. The van der Waals surface area contributed by atoms with Crippen molar-refractivity contribution in [3.05, 3.63) is 35.2 Å². The van der Waals surface area contributed by atoms with Gasteiger partial charge in [0.2, 0.25) is 0 Å². The second kappa shape index (κ2) is 5.19. The number of benzene rings is 1. The molecule has 0 atom stereocenters. The van der Waals surface area contributed by atoms with Crippen LogP contribution < -0.4 is 0 Å². The molecule has 0 fully saturated rings. The Labute approximate surface area is 112 Å². The summed E-state index contributed by atoms with van der Waals surface area (Å²) in [6.07, 6.45) is -0.530. The quantitative estimate of drug-likeness (QED) is 0.646. The minimum atomic E-state index is -1.70. The molecule has 2 aromatic rings. The second-order valence-electron chi connectivity index (χ2n) is 4.00. The highest BCUT2D eigenvalue weighted by Crippen LogP contribution is 2.27. The van der Waals surface area contributed by atoms with Crippen LogP contribution in [0.3, 0.4) is 0 Å². The van der Waals surface area contributed by atoms with Crippen LogP contribution in [0.1, 0.15) is 16.1 Å². The molecule has 0 radical (unpaired) electrons. The number of hydrogen-bond acceptors (Lipinski definition) is 4. The van der Waals surface area contributed by atoms with Crippen LogP contribution in [-0.2, 0) is 9.59 Å². The van der Waals surface area contributed by atoms with Gasteiger partial charge in [-0.1, -0.05) is 18.2 Å². The largest absolute Gasteiger partial charge is 0.481 e. The lowest BCUT2D eigenvalue weighted by atomic mass is 10.0. The van der Waals surface area contributed by atoms with Gasteiger partial charge in [-0.2, -0.15) is 0 Å². The monoisotopic (exact) mass is 278 g/mol. The summed E-state index contributed by atoms with van der Waals surface area (Å²) >= 11 is 1.24. The SMILES string of the molecule is O=C(CC(C(=O)O)C(=O)O)c1cc2ccccc2s1. The lowest BCUT2D eigenvalue weighted by Gasteiger charge is -2.04. The Morgan fingerprint density at radius 1 is 1.11 bits per heavy atom. The van der Waals surface area contributed by atoms with Crippen LogP contribution in [0.2, 0.25) is 0 Å². The minimum Gasteiger partial charge on any atom is -0.481 e. The summed E-state index contributed by atoms with van der Waals surface area (Å²) in [6, 6.07) is 9.02. The average Bonchev–Trinajstić information content (AvgIpc) is 2.78. The molecule has 0 saturated carbocycles. The topological polar surface area (TPSA) is 91.7 Å². The maximum Gasteiger partial charge on any atom is 0.318 e. The predicted molar refractivity (Wildman–Crippen MR) is 69.5 cm³/mol. The van der Waals surface area contributed by atoms with Crippen LogP contribution >= 0.6 is 11.3 Å². The Bertz CT molecular complexity index is 611. The molecule has 0 aliphatic rings. The fraction of sp³-hybridized carbons (Fsp3) is 0.154. The molecular formula is C13H10O5S. The molecule has 1 heterocycles. The first-order valence-corrected chi connectivity index (χ1v) is 6.28. The summed E-state index contributed by atoms with van der Waals surface area (Å²) in [5, 5.41) is 18.4. The van der Waals surface area contributed by atoms with E-state index in [4.69, 9.17) is 10.2 Å². The number of rotatable bonds is 5. The van der Waals surface area contributed by atoms with Crippen molar-refractivity contribution in [3.8, 4) is 0 Å². The molecule has 1 aromatic carbocycles. The van der Waals surface area contributed by atoms with E-state index < -0.39 is 30.1 Å². The number of aliphatic carboxylic acids is 2. The van der Waals surface area contributed by atoms with Crippen molar-refractivity contribution < 1.29 is 24.6 Å². The van der Waals surface area contributed by atoms with Gasteiger partial charge in [0.15, 0.2) is 11.7 Å². The molecule has 0 amide bonds. The van der Waals surface area contributed by atoms with Gasteiger partial charge in [0, 0.05) is 11.1 Å². The predicted octanol–water partition coefficient (Wildman–Crippen LogP) is 2.26. The summed E-state index contributed by atoms with van der Waals surface area (Å²) in [7, 11) is 0. The van der Waals surface area contributed by atoms with E-state index in [1.54, 1.807) is 6.07 Å². The summed E-state index contributed by atoms with van der Waals surface area (Å²) in [4.78, 5) is 33.8. The molecule has 5 nitrogen and oxygen atoms in total. The number of Topliss-reactive ketones (excluding diaryl/α,β-unsaturated/α-hetero) is 1. The molecule has 6 heteroatoms. The van der Waals surface area contributed by atoms with Gasteiger partial charge in [0.25, 0.3) is 0 Å². The Morgan fingerprint density at radius 3 is 2.32 bits per heavy atom. The Kier molecular flexibility index (Phi) is 3.62. The van der Waals surface area contributed by atoms with E-state index in [-0.39, 0.29) is 0 Å². The summed E-state index contributed by atoms with van der Waals surface area (Å²) in [5.41, 5.74) is 0. The first kappa shape index (κ1) is 13.2. The third kappa shape index (κ3) is 2.79. The van der Waals surface area contributed by atoms with E-state index in [1.807, 2.05) is 24.3 Å². The van der Waals surface area contributed by atoms with Gasteiger partial charge in [-0.15, -0.1) is 11.3 Å². The van der Waals surface area contributed by atoms with Crippen LogP contribution in [0.25, 0.3) is 10.1 Å². The van der Waals surface area contributed by atoms with Gasteiger partial charge < -0.3 is 10.2 Å². The lowest BCUT2D eigenvalue weighted by Crippen LogP contribution is -2.25. The standard InChI is InChI=1S/C13H10O5S/c14-9(6-8(12(15)16)13(17)18)11-5-7-3-1-2-4-10(7)19-11/h1-5,8H,6H2,(H,15,16)(H,17,18). The Balaban J connectivity index is 2.24. The zero-order valence-electron chi connectivity index (χ0n) is 9.70. The van der Waals surface area contributed by atoms with Gasteiger partial charge in [-0.25, -0.2) is 0 Å². The van der Waals surface area contributed by atoms with Gasteiger partial charge in [-0.3, -0.25) is 14.4 Å². The maximum atomic E-state index is 11.9. The van der Waals surface area contributed by atoms with Crippen LogP contribution in [0.5, 0.6) is 0 Å². The molecule has 2 rings (SSSR count). The molecule has 0 saturated heterocycles. The summed E-state index contributed by atoms with van der Waals surface area (Å²) in [6.45, 7) is 0. The van der Waals surface area contributed by atoms with Crippen molar-refractivity contribution in [1.29, 1.82) is 0 Å². The molecular weight excluding hydrogens is 268 g/mol. The van der Waals surface area contributed by atoms with Crippen LogP contribution in [-0.4, -0.2) is 27.9 Å². The number of fused-ring (bicyclic) bond motifs is 1. The van der Waals surface area contributed by atoms with Crippen LogP contribution in [0.15, 0.2) is 30.3 Å². The Hall–Kier alpha value is -2.21. The van der Waals surface area contributed by atoms with Crippen LogP contribution in [0, 0.1) is 5.92 Å². The fourth-order valence-corrected chi connectivity index (χ4v) is 2.70. The molecule has 19 heavy (non-hydrogen) atoms. The summed E-state index contributed by atoms with van der Waals surface area (Å²) in [5.74, 6) is -5.15. The third-order valence-corrected chi connectivity index (χ3v) is 3.84. The van der Waals surface area contributed by atoms with Crippen LogP contribution in [0.4, 0.5) is 0 Å². The zero-order chi connectivity index (χ0) is 14.0. The third-order valence-electron chi connectivity index (χ3n) is 2.69. The maximum absolute atomic E-state index is 11.9. The van der Waals surface area contributed by atoms with E-state index >= 15 is 0 Å². The van der Waals surface area contributed by atoms with Gasteiger partial charge in [0.05, 0.1) is 4.88 Å². The van der Waals surface area contributed by atoms with Crippen molar-refractivity contribution in [2.24, 2.45) is 5.92 Å². The van der Waals surface area contributed by atoms with Crippen molar-refractivity contribution >= 4 is 39.1 Å². The lowest BCUT2D eigenvalue weighted by molar-refractivity contribution is -0.154. The number of carboxylic acids is 2. The second-order valence-corrected chi connectivity index (χ2v) is 5.09. The number of carbonyl (C=O) groups is 3. The van der Waals surface area contributed by atoms with E-state index in [9.17, 15) is 14.4 Å². The van der Waals surface area contributed by atoms with Crippen molar-refractivity contribution in [2.45, 2.75) is 6.42 Å². The van der Waals surface area contributed by atoms with Gasteiger partial charge >= 0.3 is 11.9 Å².